The minimum atomic E-state index is -0.527. The maximum absolute atomic E-state index is 11.1. The summed E-state index contributed by atoms with van der Waals surface area (Å²) in [6, 6.07) is 0. The number of anilines is 1. The molecule has 0 unspecified atom stereocenters. The molecule has 1 amide bonds. The number of esters is 1. The molecular weight excluding hydrogens is 202 g/mol. The van der Waals surface area contributed by atoms with Gasteiger partial charge in [0.05, 0.1) is 6.42 Å². The summed E-state index contributed by atoms with van der Waals surface area (Å²) in [6.45, 7) is -0.124. The third kappa shape index (κ3) is 4.07. The number of nitrogens with two attached hydrogens (primary N) is 2. The van der Waals surface area contributed by atoms with Crippen molar-refractivity contribution in [2.24, 2.45) is 5.73 Å². The molecular formula is C7H11N5O3. The van der Waals surface area contributed by atoms with Crippen molar-refractivity contribution in [2.75, 3.05) is 12.3 Å². The lowest BCUT2D eigenvalue weighted by atomic mass is 10.4. The van der Waals surface area contributed by atoms with Gasteiger partial charge in [0, 0.05) is 0 Å². The smallest absolute Gasteiger partial charge is 0.327 e. The highest BCUT2D eigenvalue weighted by Gasteiger charge is 2.06. The third-order valence-electron chi connectivity index (χ3n) is 1.46. The number of hydrogen-bond donors (Lipinski definition) is 2. The minimum Gasteiger partial charge on any atom is -0.464 e. The van der Waals surface area contributed by atoms with E-state index >= 15 is 0 Å². The van der Waals surface area contributed by atoms with Crippen molar-refractivity contribution in [3.63, 3.8) is 0 Å². The number of aromatic nitrogens is 3. The van der Waals surface area contributed by atoms with Gasteiger partial charge in [-0.15, -0.1) is 5.10 Å². The second-order valence-electron chi connectivity index (χ2n) is 2.74. The van der Waals surface area contributed by atoms with Gasteiger partial charge in [-0.25, -0.2) is 9.67 Å². The first kappa shape index (κ1) is 11.0. The van der Waals surface area contributed by atoms with Gasteiger partial charge in [0.15, 0.2) is 0 Å². The number of rotatable bonds is 5. The fourth-order valence-electron chi connectivity index (χ4n) is 0.829. The largest absolute Gasteiger partial charge is 0.464 e. The monoisotopic (exact) mass is 213 g/mol. The molecule has 0 spiro atoms. The van der Waals surface area contributed by atoms with Gasteiger partial charge in [-0.1, -0.05) is 0 Å². The van der Waals surface area contributed by atoms with Crippen molar-refractivity contribution in [2.45, 2.75) is 13.0 Å². The predicted octanol–water partition coefficient (Wildman–Crippen LogP) is -1.72. The number of primary amides is 1. The molecule has 8 heteroatoms. The van der Waals surface area contributed by atoms with Gasteiger partial charge in [0.25, 0.3) is 0 Å². The summed E-state index contributed by atoms with van der Waals surface area (Å²) in [5, 5.41) is 3.68. The first-order valence-electron chi connectivity index (χ1n) is 4.17. The summed E-state index contributed by atoms with van der Waals surface area (Å²) in [7, 11) is 0. The van der Waals surface area contributed by atoms with Crippen LogP contribution in [0.25, 0.3) is 0 Å². The van der Waals surface area contributed by atoms with E-state index in [0.717, 1.165) is 0 Å². The van der Waals surface area contributed by atoms with Crippen LogP contribution < -0.4 is 11.5 Å². The summed E-state index contributed by atoms with van der Waals surface area (Å²) in [5.41, 5.74) is 10.1. The second-order valence-corrected chi connectivity index (χ2v) is 2.74. The molecule has 0 saturated carbocycles. The molecule has 0 aromatic carbocycles. The minimum absolute atomic E-state index is 0.00519. The van der Waals surface area contributed by atoms with E-state index in [1.54, 1.807) is 0 Å². The fourth-order valence-corrected chi connectivity index (χ4v) is 0.829. The Bertz CT molecular complexity index is 361. The van der Waals surface area contributed by atoms with E-state index in [4.69, 9.17) is 16.2 Å². The lowest BCUT2D eigenvalue weighted by Crippen LogP contribution is -2.18. The van der Waals surface area contributed by atoms with Crippen LogP contribution >= 0.6 is 0 Å². The molecule has 0 aliphatic heterocycles. The molecule has 1 aromatic rings. The predicted molar refractivity (Wildman–Crippen MR) is 49.2 cm³/mol. The van der Waals surface area contributed by atoms with Crippen LogP contribution in [0.4, 0.5) is 5.95 Å². The van der Waals surface area contributed by atoms with Crippen molar-refractivity contribution in [3.05, 3.63) is 6.33 Å². The number of amides is 1. The Hall–Kier alpha value is -2.12. The van der Waals surface area contributed by atoms with Gasteiger partial charge in [-0.2, -0.15) is 0 Å². The third-order valence-corrected chi connectivity index (χ3v) is 1.46. The van der Waals surface area contributed by atoms with Crippen molar-refractivity contribution in [1.29, 1.82) is 0 Å². The van der Waals surface area contributed by atoms with Gasteiger partial charge in [-0.05, 0) is 0 Å². The zero-order valence-corrected chi connectivity index (χ0v) is 7.92. The molecule has 0 saturated heterocycles. The normalized spacial score (nSPS) is 9.87. The van der Waals surface area contributed by atoms with E-state index in [2.05, 4.69) is 10.1 Å². The maximum Gasteiger partial charge on any atom is 0.327 e. The van der Waals surface area contributed by atoms with E-state index < -0.39 is 11.9 Å². The Morgan fingerprint density at radius 1 is 1.53 bits per heavy atom. The van der Waals surface area contributed by atoms with Gasteiger partial charge in [0.1, 0.15) is 19.5 Å². The van der Waals surface area contributed by atoms with Gasteiger partial charge >= 0.3 is 5.97 Å². The summed E-state index contributed by atoms with van der Waals surface area (Å²) >= 11 is 0. The Morgan fingerprint density at radius 2 is 2.27 bits per heavy atom. The molecule has 0 aliphatic rings. The first-order valence-corrected chi connectivity index (χ1v) is 4.17. The molecule has 82 valence electrons. The van der Waals surface area contributed by atoms with E-state index in [1.807, 2.05) is 0 Å². The molecule has 0 fully saturated rings. The van der Waals surface area contributed by atoms with E-state index in [9.17, 15) is 9.59 Å². The summed E-state index contributed by atoms with van der Waals surface area (Å²) < 4.78 is 5.93. The molecule has 0 radical (unpaired) electrons. The van der Waals surface area contributed by atoms with Gasteiger partial charge in [-0.3, -0.25) is 9.59 Å². The van der Waals surface area contributed by atoms with E-state index in [-0.39, 0.29) is 25.5 Å². The number of nitrogen functional groups attached to an aromatic ring is 1. The van der Waals surface area contributed by atoms with Crippen LogP contribution in [-0.2, 0) is 20.9 Å². The fraction of sp³-hybridized carbons (Fsp3) is 0.429. The lowest BCUT2D eigenvalue weighted by Gasteiger charge is -2.02. The van der Waals surface area contributed by atoms with Crippen molar-refractivity contribution >= 4 is 17.8 Å². The van der Waals surface area contributed by atoms with Crippen LogP contribution in [0.1, 0.15) is 6.42 Å². The van der Waals surface area contributed by atoms with E-state index in [0.29, 0.717) is 0 Å². The number of ether oxygens (including phenoxy) is 1. The lowest BCUT2D eigenvalue weighted by molar-refractivity contribution is -0.145. The Labute approximate surface area is 85.2 Å². The molecule has 4 N–H and O–H groups in total. The average Bonchev–Trinajstić information content (AvgIpc) is 2.50. The zero-order chi connectivity index (χ0) is 11.3. The molecule has 0 bridgehead atoms. The van der Waals surface area contributed by atoms with Gasteiger partial charge in [0.2, 0.25) is 11.9 Å². The average molecular weight is 213 g/mol. The molecule has 1 aromatic heterocycles. The summed E-state index contributed by atoms with van der Waals surface area (Å²) in [4.78, 5) is 25.1. The van der Waals surface area contributed by atoms with Crippen molar-refractivity contribution < 1.29 is 14.3 Å². The molecule has 0 aliphatic carbocycles. The molecule has 15 heavy (non-hydrogen) atoms. The quantitative estimate of drug-likeness (QED) is 0.560. The topological polar surface area (TPSA) is 126 Å². The Balaban J connectivity index is 2.27. The van der Waals surface area contributed by atoms with Crippen LogP contribution in [0.3, 0.4) is 0 Å². The molecule has 1 rings (SSSR count). The molecule has 8 nitrogen and oxygen atoms in total. The highest BCUT2D eigenvalue weighted by atomic mass is 16.5. The number of carbonyl (C=O) groups is 2. The number of hydrogen-bond acceptors (Lipinski definition) is 6. The Morgan fingerprint density at radius 3 is 2.80 bits per heavy atom. The SMILES string of the molecule is NC(=O)CCOC(=O)Cn1cnc(N)n1. The summed E-state index contributed by atoms with van der Waals surface area (Å²) in [5.74, 6) is -0.964. The second kappa shape index (κ2) is 4.94. The van der Waals surface area contributed by atoms with Crippen LogP contribution in [-0.4, -0.2) is 33.2 Å². The van der Waals surface area contributed by atoms with Crippen LogP contribution in [0, 0.1) is 0 Å². The number of carbonyl (C=O) groups excluding carboxylic acids is 2. The van der Waals surface area contributed by atoms with Crippen molar-refractivity contribution in [3.8, 4) is 0 Å². The van der Waals surface area contributed by atoms with Gasteiger partial charge < -0.3 is 16.2 Å². The maximum atomic E-state index is 11.1. The molecule has 1 heterocycles. The van der Waals surface area contributed by atoms with Crippen molar-refractivity contribution in [1.82, 2.24) is 14.8 Å². The summed E-state index contributed by atoms with van der Waals surface area (Å²) in [6.07, 6.45) is 1.32. The van der Waals surface area contributed by atoms with E-state index in [1.165, 1.54) is 11.0 Å². The molecule has 0 atom stereocenters. The first-order chi connectivity index (χ1) is 7.08. The number of nitrogens with zero attached hydrogens (tertiary/aromatic N) is 3. The van der Waals surface area contributed by atoms with Crippen LogP contribution in [0.15, 0.2) is 6.33 Å². The Kier molecular flexibility index (Phi) is 3.61. The zero-order valence-electron chi connectivity index (χ0n) is 7.92. The standard InChI is InChI=1S/C7H11N5O3/c8-5(13)1-2-15-6(14)3-12-4-10-7(9)11-12/h4H,1-3H2,(H2,8,13)(H2,9,11). The van der Waals surface area contributed by atoms with Crippen LogP contribution in [0.2, 0.25) is 0 Å². The highest BCUT2D eigenvalue weighted by Crippen LogP contribution is 1.91. The highest BCUT2D eigenvalue weighted by molar-refractivity contribution is 5.74. The van der Waals surface area contributed by atoms with Crippen LogP contribution in [0.5, 0.6) is 0 Å².